The summed E-state index contributed by atoms with van der Waals surface area (Å²) in [6, 6.07) is 15.2. The lowest BCUT2D eigenvalue weighted by Gasteiger charge is -2.23. The Bertz CT molecular complexity index is 1260. The Balaban J connectivity index is 1.40. The lowest BCUT2D eigenvalue weighted by Crippen LogP contribution is -2.38. The molecule has 1 amide bonds. The van der Waals surface area contributed by atoms with Crippen molar-refractivity contribution in [3.8, 4) is 0 Å². The molecule has 4 aromatic rings. The average molecular weight is 435 g/mol. The van der Waals surface area contributed by atoms with Gasteiger partial charge in [-0.05, 0) is 37.1 Å². The molecule has 1 aliphatic heterocycles. The van der Waals surface area contributed by atoms with Gasteiger partial charge in [0.1, 0.15) is 0 Å². The summed E-state index contributed by atoms with van der Waals surface area (Å²) in [5.41, 5.74) is 1.50. The van der Waals surface area contributed by atoms with Crippen LogP contribution in [0.2, 0.25) is 0 Å². The van der Waals surface area contributed by atoms with Crippen LogP contribution in [-0.2, 0) is 16.1 Å². The largest absolute Gasteiger partial charge is 0.376 e. The number of ether oxygens (including phenoxy) is 1. The molecular formula is C23H22N4O3S. The van der Waals surface area contributed by atoms with Crippen molar-refractivity contribution in [2.75, 3.05) is 18.1 Å². The molecule has 1 aliphatic rings. The van der Waals surface area contributed by atoms with Crippen LogP contribution in [0, 0.1) is 0 Å². The van der Waals surface area contributed by atoms with Crippen LogP contribution >= 0.6 is 11.3 Å². The fourth-order valence-corrected chi connectivity index (χ4v) is 4.92. The molecule has 0 spiro atoms. The molecule has 158 valence electrons. The van der Waals surface area contributed by atoms with Gasteiger partial charge >= 0.3 is 0 Å². The summed E-state index contributed by atoms with van der Waals surface area (Å²) in [6.07, 6.45) is 3.55. The number of aryl methyl sites for hydroxylation is 1. The summed E-state index contributed by atoms with van der Waals surface area (Å²) in [6.45, 7) is 1.61. The lowest BCUT2D eigenvalue weighted by molar-refractivity contribution is -0.119. The Morgan fingerprint density at radius 3 is 2.87 bits per heavy atom. The molecular weight excluding hydrogens is 412 g/mol. The number of para-hydroxylation sites is 2. The summed E-state index contributed by atoms with van der Waals surface area (Å²) < 4.78 is 8.56. The highest BCUT2D eigenvalue weighted by Crippen LogP contribution is 2.30. The highest BCUT2D eigenvalue weighted by Gasteiger charge is 2.26. The molecule has 0 saturated carbocycles. The lowest BCUT2D eigenvalue weighted by atomic mass is 10.2. The number of carbonyl (C=O) groups is 1. The molecule has 7 nitrogen and oxygen atoms in total. The molecule has 1 atom stereocenters. The van der Waals surface area contributed by atoms with Crippen molar-refractivity contribution in [1.82, 2.24) is 14.8 Å². The molecule has 1 unspecified atom stereocenters. The van der Waals surface area contributed by atoms with E-state index in [-0.39, 0.29) is 23.9 Å². The first-order chi connectivity index (χ1) is 15.2. The van der Waals surface area contributed by atoms with Gasteiger partial charge in [-0.2, -0.15) is 5.10 Å². The minimum Gasteiger partial charge on any atom is -0.376 e. The minimum absolute atomic E-state index is 0.0286. The maximum absolute atomic E-state index is 13.3. The van der Waals surface area contributed by atoms with Crippen molar-refractivity contribution >= 4 is 43.5 Å². The topological polar surface area (TPSA) is 77.3 Å². The Kier molecular flexibility index (Phi) is 5.48. The highest BCUT2D eigenvalue weighted by atomic mass is 32.1. The number of fused-ring (bicyclic) bond motifs is 2. The van der Waals surface area contributed by atoms with E-state index in [1.165, 1.54) is 17.5 Å². The summed E-state index contributed by atoms with van der Waals surface area (Å²) in [7, 11) is 0. The van der Waals surface area contributed by atoms with Crippen molar-refractivity contribution in [3.05, 3.63) is 65.0 Å². The SMILES string of the molecule is O=C(CCn1ncc(=O)c2ccccc21)N(CC1CCCO1)c1nc2ccccc2s1. The van der Waals surface area contributed by atoms with Crippen molar-refractivity contribution in [2.45, 2.75) is 31.9 Å². The van der Waals surface area contributed by atoms with E-state index in [1.54, 1.807) is 15.6 Å². The van der Waals surface area contributed by atoms with Gasteiger partial charge in [0.15, 0.2) is 5.13 Å². The summed E-state index contributed by atoms with van der Waals surface area (Å²) in [5.74, 6) is -0.0286. The van der Waals surface area contributed by atoms with Crippen LogP contribution in [0.15, 0.2) is 59.5 Å². The predicted molar refractivity (Wildman–Crippen MR) is 122 cm³/mol. The molecule has 0 radical (unpaired) electrons. The maximum Gasteiger partial charge on any atom is 0.230 e. The van der Waals surface area contributed by atoms with Gasteiger partial charge in [-0.25, -0.2) is 4.98 Å². The second-order valence-electron chi connectivity index (χ2n) is 7.60. The molecule has 5 rings (SSSR count). The van der Waals surface area contributed by atoms with E-state index in [0.717, 1.165) is 35.2 Å². The van der Waals surface area contributed by atoms with E-state index in [2.05, 4.69) is 5.10 Å². The number of rotatable bonds is 6. The zero-order chi connectivity index (χ0) is 21.2. The van der Waals surface area contributed by atoms with Gasteiger partial charge in [0.25, 0.3) is 0 Å². The Labute approximate surface area is 182 Å². The average Bonchev–Trinajstić information content (AvgIpc) is 3.46. The molecule has 2 aromatic heterocycles. The van der Waals surface area contributed by atoms with Crippen LogP contribution in [0.1, 0.15) is 19.3 Å². The molecule has 3 heterocycles. The first kappa shape index (κ1) is 19.8. The molecule has 31 heavy (non-hydrogen) atoms. The number of nitrogens with zero attached hydrogens (tertiary/aromatic N) is 4. The van der Waals surface area contributed by atoms with Gasteiger partial charge in [-0.3, -0.25) is 19.2 Å². The van der Waals surface area contributed by atoms with Gasteiger partial charge < -0.3 is 4.74 Å². The van der Waals surface area contributed by atoms with Crippen LogP contribution in [0.25, 0.3) is 21.1 Å². The number of aromatic nitrogens is 3. The number of anilines is 1. The molecule has 0 N–H and O–H groups in total. The summed E-state index contributed by atoms with van der Waals surface area (Å²) in [5, 5.41) is 5.54. The summed E-state index contributed by atoms with van der Waals surface area (Å²) in [4.78, 5) is 31.8. The van der Waals surface area contributed by atoms with Crippen LogP contribution in [0.5, 0.6) is 0 Å². The normalized spacial score (nSPS) is 16.2. The van der Waals surface area contributed by atoms with Crippen molar-refractivity contribution in [2.24, 2.45) is 0 Å². The van der Waals surface area contributed by atoms with Crippen molar-refractivity contribution in [1.29, 1.82) is 0 Å². The van der Waals surface area contributed by atoms with Crippen molar-refractivity contribution in [3.63, 3.8) is 0 Å². The second kappa shape index (κ2) is 8.56. The van der Waals surface area contributed by atoms with Gasteiger partial charge in [-0.15, -0.1) is 0 Å². The first-order valence-electron chi connectivity index (χ1n) is 10.4. The van der Waals surface area contributed by atoms with E-state index in [9.17, 15) is 9.59 Å². The third kappa shape index (κ3) is 4.08. The van der Waals surface area contributed by atoms with Crippen LogP contribution in [0.4, 0.5) is 5.13 Å². The predicted octanol–water partition coefficient (Wildman–Crippen LogP) is 3.61. The van der Waals surface area contributed by atoms with E-state index >= 15 is 0 Å². The number of benzene rings is 2. The third-order valence-electron chi connectivity index (χ3n) is 5.52. The molecule has 2 aromatic carbocycles. The molecule has 8 heteroatoms. The van der Waals surface area contributed by atoms with Crippen molar-refractivity contribution < 1.29 is 9.53 Å². The van der Waals surface area contributed by atoms with Gasteiger partial charge in [0.2, 0.25) is 11.3 Å². The van der Waals surface area contributed by atoms with Gasteiger partial charge in [0.05, 0.1) is 41.1 Å². The zero-order valence-corrected chi connectivity index (χ0v) is 17.8. The van der Waals surface area contributed by atoms with E-state index in [1.807, 2.05) is 42.5 Å². The number of hydrogen-bond acceptors (Lipinski definition) is 6. The number of hydrogen-bond donors (Lipinski definition) is 0. The maximum atomic E-state index is 13.3. The highest BCUT2D eigenvalue weighted by molar-refractivity contribution is 7.22. The molecule has 0 aliphatic carbocycles. The number of thiazole rings is 1. The molecule has 0 bridgehead atoms. The Morgan fingerprint density at radius 2 is 2.03 bits per heavy atom. The third-order valence-corrected chi connectivity index (χ3v) is 6.58. The fourth-order valence-electron chi connectivity index (χ4n) is 3.93. The quantitative estimate of drug-likeness (QED) is 0.463. The van der Waals surface area contributed by atoms with Gasteiger partial charge in [-0.1, -0.05) is 35.6 Å². The second-order valence-corrected chi connectivity index (χ2v) is 8.61. The number of carbonyl (C=O) groups excluding carboxylic acids is 1. The molecule has 1 fully saturated rings. The smallest absolute Gasteiger partial charge is 0.230 e. The first-order valence-corrected chi connectivity index (χ1v) is 11.2. The van der Waals surface area contributed by atoms with Crippen LogP contribution in [-0.4, -0.2) is 39.9 Å². The van der Waals surface area contributed by atoms with E-state index in [4.69, 9.17) is 9.72 Å². The minimum atomic E-state index is -0.118. The number of amides is 1. The summed E-state index contributed by atoms with van der Waals surface area (Å²) >= 11 is 1.52. The monoisotopic (exact) mass is 434 g/mol. The van der Waals surface area contributed by atoms with Crippen LogP contribution < -0.4 is 10.3 Å². The fraction of sp³-hybridized carbons (Fsp3) is 0.304. The van der Waals surface area contributed by atoms with E-state index in [0.29, 0.717) is 23.6 Å². The standard InChI is InChI=1S/C23H22N4O3S/c28-20-14-24-27(19-9-3-1-7-17(19)20)12-11-22(29)26(15-16-6-5-13-30-16)23-25-18-8-2-4-10-21(18)31-23/h1-4,7-10,14,16H,5-6,11-13,15H2. The molecule has 1 saturated heterocycles. The zero-order valence-electron chi connectivity index (χ0n) is 16.9. The van der Waals surface area contributed by atoms with Crippen LogP contribution in [0.3, 0.4) is 0 Å². The Hall–Kier alpha value is -3.10. The van der Waals surface area contributed by atoms with E-state index < -0.39 is 0 Å². The Morgan fingerprint density at radius 1 is 1.19 bits per heavy atom. The van der Waals surface area contributed by atoms with Gasteiger partial charge in [0, 0.05) is 18.4 Å².